The standard InChI is InChI=1S/C32H29F3N4O4S/c1-4-41-24(40)11-8-18-6-5-7-22-28(18)42-15-13-32(22,2)39-17-37-31(38-39)21-16-19(9-10-23(21)33)43-29-26(35)25(34)27-20(12-14-36-27)30(29)44-3/h5-7,9-10,12,14,16-17,36H,4,8,11,13,15H2,1-3H3. The van der Waals surface area contributed by atoms with Gasteiger partial charge in [0.05, 0.1) is 34.7 Å². The summed E-state index contributed by atoms with van der Waals surface area (Å²) < 4.78 is 63.7. The van der Waals surface area contributed by atoms with Gasteiger partial charge in [-0.2, -0.15) is 4.39 Å². The number of esters is 1. The van der Waals surface area contributed by atoms with Crippen LogP contribution in [0, 0.1) is 17.5 Å². The number of aromatic nitrogens is 4. The van der Waals surface area contributed by atoms with E-state index in [9.17, 15) is 9.18 Å². The fourth-order valence-corrected chi connectivity index (χ4v) is 6.22. The summed E-state index contributed by atoms with van der Waals surface area (Å²) in [5, 5.41) is 5.12. The highest BCUT2D eigenvalue weighted by Gasteiger charge is 2.37. The van der Waals surface area contributed by atoms with E-state index in [0.717, 1.165) is 11.1 Å². The van der Waals surface area contributed by atoms with E-state index in [2.05, 4.69) is 15.1 Å². The minimum absolute atomic E-state index is 0.0367. The molecule has 0 aliphatic carbocycles. The Morgan fingerprint density at radius 3 is 2.82 bits per heavy atom. The van der Waals surface area contributed by atoms with Gasteiger partial charge in [-0.3, -0.25) is 4.79 Å². The highest BCUT2D eigenvalue weighted by Crippen LogP contribution is 2.43. The quantitative estimate of drug-likeness (QED) is 0.135. The fraction of sp³-hybridized carbons (Fsp3) is 0.281. The molecule has 0 amide bonds. The Morgan fingerprint density at radius 1 is 1.18 bits per heavy atom. The van der Waals surface area contributed by atoms with Crippen molar-refractivity contribution in [3.8, 4) is 28.6 Å². The van der Waals surface area contributed by atoms with Gasteiger partial charge in [-0.25, -0.2) is 18.4 Å². The number of carbonyl (C=O) groups is 1. The Bertz CT molecular complexity index is 1870. The Labute approximate surface area is 255 Å². The number of aromatic amines is 1. The number of benzene rings is 3. The number of para-hydroxylation sites is 1. The zero-order chi connectivity index (χ0) is 31.0. The SMILES string of the molecule is CCOC(=O)CCc1cccc2c1OCCC2(C)n1cnc(-c2cc(Oc3c(F)c(F)c4[nH]ccc4c3SC)ccc2F)n1. The predicted molar refractivity (Wildman–Crippen MR) is 160 cm³/mol. The number of aryl methyl sites for hydroxylation is 1. The van der Waals surface area contributed by atoms with Crippen LogP contribution in [0.4, 0.5) is 13.2 Å². The maximum Gasteiger partial charge on any atom is 0.306 e. The molecule has 3 aromatic carbocycles. The van der Waals surface area contributed by atoms with Gasteiger partial charge in [0.15, 0.2) is 17.4 Å². The number of nitrogens with one attached hydrogen (secondary N) is 1. The van der Waals surface area contributed by atoms with E-state index in [1.54, 1.807) is 23.9 Å². The number of hydrogen-bond donors (Lipinski definition) is 1. The summed E-state index contributed by atoms with van der Waals surface area (Å²) in [4.78, 5) is 19.5. The van der Waals surface area contributed by atoms with Crippen molar-refractivity contribution in [2.24, 2.45) is 0 Å². The van der Waals surface area contributed by atoms with E-state index >= 15 is 8.78 Å². The van der Waals surface area contributed by atoms with Crippen LogP contribution in [0.2, 0.25) is 0 Å². The van der Waals surface area contributed by atoms with Crippen LogP contribution >= 0.6 is 11.8 Å². The molecule has 0 saturated heterocycles. The molecule has 12 heteroatoms. The number of hydrogen-bond acceptors (Lipinski definition) is 7. The highest BCUT2D eigenvalue weighted by atomic mass is 32.2. The van der Waals surface area contributed by atoms with E-state index in [0.29, 0.717) is 42.1 Å². The third-order valence-electron chi connectivity index (χ3n) is 7.83. The first-order chi connectivity index (χ1) is 21.2. The molecule has 6 rings (SSSR count). The zero-order valence-electron chi connectivity index (χ0n) is 24.2. The normalized spacial score (nSPS) is 16.0. The number of ether oxygens (including phenoxy) is 3. The largest absolute Gasteiger partial charge is 0.493 e. The van der Waals surface area contributed by atoms with E-state index in [1.807, 2.05) is 25.1 Å². The number of thioether (sulfide) groups is 1. The number of rotatable bonds is 9. The van der Waals surface area contributed by atoms with Crippen LogP contribution in [-0.2, 0) is 21.5 Å². The lowest BCUT2D eigenvalue weighted by molar-refractivity contribution is -0.143. The van der Waals surface area contributed by atoms with Crippen LogP contribution in [0.25, 0.3) is 22.3 Å². The summed E-state index contributed by atoms with van der Waals surface area (Å²) in [5.74, 6) is -2.51. The first-order valence-electron chi connectivity index (χ1n) is 14.1. The first kappa shape index (κ1) is 29.6. The number of fused-ring (bicyclic) bond motifs is 2. The second-order valence-electron chi connectivity index (χ2n) is 10.5. The molecule has 0 spiro atoms. The minimum Gasteiger partial charge on any atom is -0.493 e. The Kier molecular flexibility index (Phi) is 8.02. The molecule has 1 aliphatic rings. The Hall–Kier alpha value is -4.45. The van der Waals surface area contributed by atoms with Crippen LogP contribution in [0.1, 0.15) is 37.8 Å². The molecule has 228 valence electrons. The topological polar surface area (TPSA) is 91.3 Å². The average molecular weight is 623 g/mol. The lowest BCUT2D eigenvalue weighted by atomic mass is 9.84. The Balaban J connectivity index is 1.32. The van der Waals surface area contributed by atoms with Gasteiger partial charge in [0.1, 0.15) is 23.6 Å². The summed E-state index contributed by atoms with van der Waals surface area (Å²) in [7, 11) is 0. The van der Waals surface area contributed by atoms with Crippen molar-refractivity contribution < 1.29 is 32.2 Å². The lowest BCUT2D eigenvalue weighted by Gasteiger charge is -2.36. The summed E-state index contributed by atoms with van der Waals surface area (Å²) in [5.41, 5.74) is 1.14. The van der Waals surface area contributed by atoms with E-state index < -0.39 is 23.0 Å². The molecule has 0 fully saturated rings. The van der Waals surface area contributed by atoms with Crippen LogP contribution in [0.3, 0.4) is 0 Å². The zero-order valence-corrected chi connectivity index (χ0v) is 25.1. The van der Waals surface area contributed by atoms with Gasteiger partial charge in [0.2, 0.25) is 5.82 Å². The van der Waals surface area contributed by atoms with Gasteiger partial charge in [-0.05, 0) is 56.4 Å². The van der Waals surface area contributed by atoms with Gasteiger partial charge < -0.3 is 19.2 Å². The number of carbonyl (C=O) groups excluding carboxylic acids is 1. The molecule has 0 bridgehead atoms. The van der Waals surface area contributed by atoms with Crippen molar-refractivity contribution in [2.75, 3.05) is 19.5 Å². The summed E-state index contributed by atoms with van der Waals surface area (Å²) in [6.45, 7) is 4.49. The second-order valence-corrected chi connectivity index (χ2v) is 11.3. The van der Waals surface area contributed by atoms with Crippen LogP contribution < -0.4 is 9.47 Å². The molecular weight excluding hydrogens is 593 g/mol. The summed E-state index contributed by atoms with van der Waals surface area (Å²) in [6, 6.07) is 11.3. The maximum absolute atomic E-state index is 15.1. The maximum atomic E-state index is 15.1. The van der Waals surface area contributed by atoms with Gasteiger partial charge in [-0.15, -0.1) is 16.9 Å². The smallest absolute Gasteiger partial charge is 0.306 e. The molecule has 8 nitrogen and oxygen atoms in total. The first-order valence-corrected chi connectivity index (χ1v) is 15.3. The van der Waals surface area contributed by atoms with Crippen LogP contribution in [0.15, 0.2) is 59.9 Å². The third kappa shape index (κ3) is 5.17. The number of H-pyrrole nitrogens is 1. The predicted octanol–water partition coefficient (Wildman–Crippen LogP) is 7.40. The van der Waals surface area contributed by atoms with Crippen molar-refractivity contribution >= 4 is 28.6 Å². The molecule has 1 N–H and O–H groups in total. The summed E-state index contributed by atoms with van der Waals surface area (Å²) in [6.07, 6.45) is 6.04. The molecule has 44 heavy (non-hydrogen) atoms. The van der Waals surface area contributed by atoms with Crippen molar-refractivity contribution in [2.45, 2.75) is 43.5 Å². The van der Waals surface area contributed by atoms with Crippen molar-refractivity contribution in [3.63, 3.8) is 0 Å². The fourth-order valence-electron chi connectivity index (χ4n) is 5.52. The van der Waals surface area contributed by atoms with Crippen LogP contribution in [0.5, 0.6) is 17.2 Å². The van der Waals surface area contributed by atoms with Crippen molar-refractivity contribution in [1.82, 2.24) is 19.7 Å². The van der Waals surface area contributed by atoms with Gasteiger partial charge in [0.25, 0.3) is 0 Å². The molecular formula is C32H29F3N4O4S. The summed E-state index contributed by atoms with van der Waals surface area (Å²) >= 11 is 1.21. The van der Waals surface area contributed by atoms with E-state index in [-0.39, 0.29) is 40.8 Å². The molecule has 1 unspecified atom stereocenters. The molecule has 1 atom stereocenters. The number of nitrogens with zero attached hydrogens (tertiary/aromatic N) is 3. The minimum atomic E-state index is -1.15. The lowest BCUT2D eigenvalue weighted by Crippen LogP contribution is -2.37. The molecule has 1 aliphatic heterocycles. The molecule has 0 radical (unpaired) electrons. The van der Waals surface area contributed by atoms with E-state index in [4.69, 9.17) is 14.2 Å². The van der Waals surface area contributed by atoms with Gasteiger partial charge >= 0.3 is 5.97 Å². The molecule has 5 aromatic rings. The monoisotopic (exact) mass is 622 g/mol. The number of halogens is 3. The van der Waals surface area contributed by atoms with Gasteiger partial charge in [-0.1, -0.05) is 18.2 Å². The molecule has 2 aromatic heterocycles. The second kappa shape index (κ2) is 11.9. The average Bonchev–Trinajstić information content (AvgIpc) is 3.72. The van der Waals surface area contributed by atoms with Gasteiger partial charge in [0, 0.05) is 30.0 Å². The highest BCUT2D eigenvalue weighted by molar-refractivity contribution is 7.99. The third-order valence-corrected chi connectivity index (χ3v) is 8.64. The van der Waals surface area contributed by atoms with Crippen molar-refractivity contribution in [1.29, 1.82) is 0 Å². The molecule has 0 saturated carbocycles. The Morgan fingerprint density at radius 2 is 2.02 bits per heavy atom. The van der Waals surface area contributed by atoms with Crippen LogP contribution in [-0.4, -0.2) is 45.2 Å². The molecule has 3 heterocycles. The van der Waals surface area contributed by atoms with Crippen molar-refractivity contribution in [3.05, 3.63) is 83.6 Å². The van der Waals surface area contributed by atoms with E-state index in [1.165, 1.54) is 42.5 Å².